The molecule has 0 fully saturated rings. The highest BCUT2D eigenvalue weighted by atomic mass is 16.1. The van der Waals surface area contributed by atoms with Gasteiger partial charge in [-0.25, -0.2) is 0 Å². The van der Waals surface area contributed by atoms with Crippen LogP contribution in [0.4, 0.5) is 0 Å². The van der Waals surface area contributed by atoms with E-state index in [1.54, 1.807) is 12.1 Å². The summed E-state index contributed by atoms with van der Waals surface area (Å²) in [6, 6.07) is 5.08. The highest BCUT2D eigenvalue weighted by molar-refractivity contribution is 5.99. The van der Waals surface area contributed by atoms with Crippen molar-refractivity contribution in [2.24, 2.45) is 5.73 Å². The van der Waals surface area contributed by atoms with E-state index in [1.807, 2.05) is 13.8 Å². The number of hydrogen-bond acceptors (Lipinski definition) is 2. The van der Waals surface area contributed by atoms with E-state index in [4.69, 9.17) is 5.73 Å². The van der Waals surface area contributed by atoms with Gasteiger partial charge >= 0.3 is 0 Å². The summed E-state index contributed by atoms with van der Waals surface area (Å²) in [6.07, 6.45) is 0. The number of benzene rings is 1. The number of ketones is 1. The SMILES string of the molecule is CC(=O)c1cc(C(N)=O)cc(C(C)C)c1. The minimum Gasteiger partial charge on any atom is -0.366 e. The van der Waals surface area contributed by atoms with Gasteiger partial charge in [-0.15, -0.1) is 0 Å². The second kappa shape index (κ2) is 4.26. The molecule has 1 aromatic rings. The first-order chi connectivity index (χ1) is 6.91. The van der Waals surface area contributed by atoms with E-state index < -0.39 is 5.91 Å². The minimum absolute atomic E-state index is 0.0556. The van der Waals surface area contributed by atoms with Crippen molar-refractivity contribution in [1.82, 2.24) is 0 Å². The molecule has 0 spiro atoms. The molecular weight excluding hydrogens is 190 g/mol. The maximum atomic E-state index is 11.2. The van der Waals surface area contributed by atoms with Crippen LogP contribution >= 0.6 is 0 Å². The van der Waals surface area contributed by atoms with Gasteiger partial charge in [0.1, 0.15) is 0 Å². The highest BCUT2D eigenvalue weighted by Crippen LogP contribution is 2.18. The molecule has 2 N–H and O–H groups in total. The summed E-state index contributed by atoms with van der Waals surface area (Å²) >= 11 is 0. The van der Waals surface area contributed by atoms with Gasteiger partial charge in [0.2, 0.25) is 5.91 Å². The van der Waals surface area contributed by atoms with Crippen LogP contribution in [-0.2, 0) is 0 Å². The van der Waals surface area contributed by atoms with E-state index in [2.05, 4.69) is 0 Å². The first kappa shape index (κ1) is 11.4. The summed E-state index contributed by atoms with van der Waals surface area (Å²) < 4.78 is 0. The zero-order valence-corrected chi connectivity index (χ0v) is 9.20. The maximum absolute atomic E-state index is 11.2. The Morgan fingerprint density at radius 2 is 1.67 bits per heavy atom. The van der Waals surface area contributed by atoms with Gasteiger partial charge in [-0.2, -0.15) is 0 Å². The average Bonchev–Trinajstić information content (AvgIpc) is 2.16. The second-order valence-corrected chi connectivity index (χ2v) is 3.92. The zero-order chi connectivity index (χ0) is 11.6. The van der Waals surface area contributed by atoms with Gasteiger partial charge in [-0.3, -0.25) is 9.59 Å². The molecule has 0 radical (unpaired) electrons. The molecule has 0 aliphatic carbocycles. The van der Waals surface area contributed by atoms with Gasteiger partial charge in [-0.05, 0) is 36.6 Å². The van der Waals surface area contributed by atoms with Crippen LogP contribution in [0.3, 0.4) is 0 Å². The zero-order valence-electron chi connectivity index (χ0n) is 9.20. The van der Waals surface area contributed by atoms with E-state index in [0.717, 1.165) is 5.56 Å². The van der Waals surface area contributed by atoms with Gasteiger partial charge in [0, 0.05) is 11.1 Å². The molecule has 0 bridgehead atoms. The largest absolute Gasteiger partial charge is 0.366 e. The first-order valence-electron chi connectivity index (χ1n) is 4.87. The van der Waals surface area contributed by atoms with Gasteiger partial charge in [-0.1, -0.05) is 13.8 Å². The molecule has 0 aliphatic heterocycles. The molecule has 1 aromatic carbocycles. The molecule has 0 aromatic heterocycles. The van der Waals surface area contributed by atoms with E-state index in [1.165, 1.54) is 13.0 Å². The number of rotatable bonds is 3. The number of carbonyl (C=O) groups is 2. The van der Waals surface area contributed by atoms with Crippen molar-refractivity contribution in [3.8, 4) is 0 Å². The van der Waals surface area contributed by atoms with Crippen molar-refractivity contribution in [3.63, 3.8) is 0 Å². The van der Waals surface area contributed by atoms with E-state index in [-0.39, 0.29) is 11.7 Å². The van der Waals surface area contributed by atoms with Crippen molar-refractivity contribution in [3.05, 3.63) is 34.9 Å². The van der Waals surface area contributed by atoms with Crippen molar-refractivity contribution < 1.29 is 9.59 Å². The van der Waals surface area contributed by atoms with Crippen LogP contribution in [0, 0.1) is 0 Å². The lowest BCUT2D eigenvalue weighted by Gasteiger charge is -2.09. The fourth-order valence-corrected chi connectivity index (χ4v) is 1.33. The Hall–Kier alpha value is -1.64. The predicted octanol–water partition coefficient (Wildman–Crippen LogP) is 2.11. The fourth-order valence-electron chi connectivity index (χ4n) is 1.33. The molecule has 1 rings (SSSR count). The summed E-state index contributed by atoms with van der Waals surface area (Å²) in [5.74, 6) is -0.289. The number of amides is 1. The van der Waals surface area contributed by atoms with Crippen molar-refractivity contribution in [2.45, 2.75) is 26.7 Å². The molecule has 0 saturated heterocycles. The third-order valence-electron chi connectivity index (χ3n) is 2.31. The van der Waals surface area contributed by atoms with E-state index in [0.29, 0.717) is 11.1 Å². The molecule has 1 amide bonds. The Morgan fingerprint density at radius 3 is 2.07 bits per heavy atom. The summed E-state index contributed by atoms with van der Waals surface area (Å²) in [5, 5.41) is 0. The molecule has 3 heteroatoms. The Morgan fingerprint density at radius 1 is 1.13 bits per heavy atom. The Kier molecular flexibility index (Phi) is 3.24. The van der Waals surface area contributed by atoms with E-state index in [9.17, 15) is 9.59 Å². The van der Waals surface area contributed by atoms with E-state index >= 15 is 0 Å². The smallest absolute Gasteiger partial charge is 0.248 e. The van der Waals surface area contributed by atoms with Gasteiger partial charge in [0.25, 0.3) is 0 Å². The van der Waals surface area contributed by atoms with Crippen LogP contribution < -0.4 is 5.73 Å². The molecule has 3 nitrogen and oxygen atoms in total. The van der Waals surface area contributed by atoms with Gasteiger partial charge in [0.15, 0.2) is 5.78 Å². The molecule has 0 aliphatic rings. The van der Waals surface area contributed by atoms with Crippen LogP contribution in [0.15, 0.2) is 18.2 Å². The van der Waals surface area contributed by atoms with Crippen LogP contribution in [-0.4, -0.2) is 11.7 Å². The summed E-state index contributed by atoms with van der Waals surface area (Å²) in [5.41, 5.74) is 7.09. The monoisotopic (exact) mass is 205 g/mol. The summed E-state index contributed by atoms with van der Waals surface area (Å²) in [7, 11) is 0. The third-order valence-corrected chi connectivity index (χ3v) is 2.31. The molecular formula is C12H15NO2. The maximum Gasteiger partial charge on any atom is 0.248 e. The minimum atomic E-state index is -0.500. The normalized spacial score (nSPS) is 10.4. The average molecular weight is 205 g/mol. The highest BCUT2D eigenvalue weighted by Gasteiger charge is 2.09. The number of hydrogen-bond donors (Lipinski definition) is 1. The quantitative estimate of drug-likeness (QED) is 0.768. The summed E-state index contributed by atoms with van der Waals surface area (Å²) in [6.45, 7) is 5.48. The lowest BCUT2D eigenvalue weighted by molar-refractivity contribution is 0.1000. The van der Waals surface area contributed by atoms with Gasteiger partial charge < -0.3 is 5.73 Å². The van der Waals surface area contributed by atoms with Crippen molar-refractivity contribution in [1.29, 1.82) is 0 Å². The summed E-state index contributed by atoms with van der Waals surface area (Å²) in [4.78, 5) is 22.3. The van der Waals surface area contributed by atoms with Crippen molar-refractivity contribution >= 4 is 11.7 Å². The Labute approximate surface area is 89.3 Å². The number of carbonyl (C=O) groups excluding carboxylic acids is 2. The second-order valence-electron chi connectivity index (χ2n) is 3.92. The molecule has 0 heterocycles. The standard InChI is InChI=1S/C12H15NO2/c1-7(2)9-4-10(8(3)14)6-11(5-9)12(13)15/h4-7H,1-3H3,(H2,13,15). The van der Waals surface area contributed by atoms with Crippen molar-refractivity contribution in [2.75, 3.05) is 0 Å². The van der Waals surface area contributed by atoms with Crippen LogP contribution in [0.2, 0.25) is 0 Å². The van der Waals surface area contributed by atoms with Gasteiger partial charge in [0.05, 0.1) is 0 Å². The van der Waals surface area contributed by atoms with Crippen LogP contribution in [0.1, 0.15) is 53.0 Å². The topological polar surface area (TPSA) is 60.2 Å². The number of Topliss-reactive ketones (excluding diaryl/α,β-unsaturated/α-hetero) is 1. The fraction of sp³-hybridized carbons (Fsp3) is 0.333. The number of primary amides is 1. The lowest BCUT2D eigenvalue weighted by Crippen LogP contribution is -2.12. The Balaban J connectivity index is 3.32. The number of nitrogens with two attached hydrogens (primary N) is 1. The third kappa shape index (κ3) is 2.65. The molecule has 15 heavy (non-hydrogen) atoms. The molecule has 0 atom stereocenters. The molecule has 80 valence electrons. The molecule has 0 unspecified atom stereocenters. The predicted molar refractivity (Wildman–Crippen MR) is 59.1 cm³/mol. The molecule has 0 saturated carbocycles. The first-order valence-corrected chi connectivity index (χ1v) is 4.87. The van der Waals surface area contributed by atoms with Crippen LogP contribution in [0.25, 0.3) is 0 Å². The lowest BCUT2D eigenvalue weighted by atomic mass is 9.96. The Bertz CT molecular complexity index is 376. The van der Waals surface area contributed by atoms with Crippen LogP contribution in [0.5, 0.6) is 0 Å².